The molecule has 4 heteroatoms. The minimum absolute atomic E-state index is 0.202. The second-order valence-corrected chi connectivity index (χ2v) is 3.48. The van der Waals surface area contributed by atoms with Gasteiger partial charge in [0.1, 0.15) is 11.8 Å². The fourth-order valence-corrected chi connectivity index (χ4v) is 1.29. The van der Waals surface area contributed by atoms with Crippen LogP contribution in [0.1, 0.15) is 39.0 Å². The summed E-state index contributed by atoms with van der Waals surface area (Å²) >= 11 is 0. The zero-order valence-electron chi connectivity index (χ0n) is 8.88. The van der Waals surface area contributed by atoms with Crippen LogP contribution in [0.4, 0.5) is 0 Å². The summed E-state index contributed by atoms with van der Waals surface area (Å²) in [5, 5.41) is 11.4. The van der Waals surface area contributed by atoms with Gasteiger partial charge in [-0.25, -0.2) is 0 Å². The lowest BCUT2D eigenvalue weighted by molar-refractivity contribution is -0.139. The minimum atomic E-state index is -0.806. The number of carbonyl (C=O) groups is 2. The molecule has 4 nitrogen and oxygen atoms in total. The quantitative estimate of drug-likeness (QED) is 0.579. The van der Waals surface area contributed by atoms with Gasteiger partial charge in [0.25, 0.3) is 0 Å². The van der Waals surface area contributed by atoms with Gasteiger partial charge in [0.05, 0.1) is 0 Å². The van der Waals surface area contributed by atoms with Gasteiger partial charge in [-0.1, -0.05) is 12.8 Å². The fourth-order valence-electron chi connectivity index (χ4n) is 1.29. The molecule has 0 aromatic rings. The third-order valence-electron chi connectivity index (χ3n) is 2.17. The van der Waals surface area contributed by atoms with Crippen LogP contribution in [0, 0.1) is 0 Å². The van der Waals surface area contributed by atoms with Gasteiger partial charge < -0.3 is 15.2 Å². The Labute approximate surface area is 84.7 Å². The van der Waals surface area contributed by atoms with E-state index in [2.05, 4.69) is 5.32 Å². The number of nitrogens with one attached hydrogen (secondary N) is 1. The van der Waals surface area contributed by atoms with E-state index >= 15 is 0 Å². The smallest absolute Gasteiger partial charge is 0.320 e. The monoisotopic (exact) mass is 201 g/mol. The van der Waals surface area contributed by atoms with Crippen LogP contribution >= 0.6 is 0 Å². The Balaban J connectivity index is 3.42. The largest absolute Gasteiger partial charge is 0.480 e. The van der Waals surface area contributed by atoms with E-state index in [-0.39, 0.29) is 5.78 Å². The summed E-state index contributed by atoms with van der Waals surface area (Å²) in [6.07, 6.45) is 3.88. The summed E-state index contributed by atoms with van der Waals surface area (Å²) < 4.78 is 0. The van der Waals surface area contributed by atoms with Crippen molar-refractivity contribution in [3.63, 3.8) is 0 Å². The number of likely N-dealkylation sites (N-methyl/N-ethyl adjacent to an activating group) is 1. The first-order valence-electron chi connectivity index (χ1n) is 4.97. The summed E-state index contributed by atoms with van der Waals surface area (Å²) in [6, 6.07) is -0.452. The van der Waals surface area contributed by atoms with E-state index in [9.17, 15) is 9.59 Å². The van der Waals surface area contributed by atoms with Crippen molar-refractivity contribution in [2.45, 2.75) is 45.1 Å². The zero-order valence-corrected chi connectivity index (χ0v) is 8.88. The molecule has 0 aliphatic heterocycles. The number of Topliss-reactive ketones (excluding diaryl/α,β-unsaturated/α-hetero) is 1. The van der Waals surface area contributed by atoms with E-state index in [1.165, 1.54) is 0 Å². The lowest BCUT2D eigenvalue weighted by Crippen LogP contribution is -2.33. The van der Waals surface area contributed by atoms with E-state index < -0.39 is 12.0 Å². The normalized spacial score (nSPS) is 12.4. The molecule has 0 amide bonds. The van der Waals surface area contributed by atoms with Crippen LogP contribution < -0.4 is 5.32 Å². The van der Waals surface area contributed by atoms with Crippen molar-refractivity contribution in [3.8, 4) is 0 Å². The molecular formula is C10H19NO3. The second kappa shape index (κ2) is 7.50. The number of rotatable bonds is 8. The Morgan fingerprint density at radius 3 is 2.36 bits per heavy atom. The average molecular weight is 201 g/mol. The maximum absolute atomic E-state index is 10.6. The van der Waals surface area contributed by atoms with Crippen molar-refractivity contribution in [1.29, 1.82) is 0 Å². The Morgan fingerprint density at radius 1 is 1.29 bits per heavy atom. The van der Waals surface area contributed by atoms with Crippen molar-refractivity contribution in [3.05, 3.63) is 0 Å². The van der Waals surface area contributed by atoms with E-state index in [1.807, 2.05) is 0 Å². The highest BCUT2D eigenvalue weighted by atomic mass is 16.4. The van der Waals surface area contributed by atoms with Crippen molar-refractivity contribution in [2.24, 2.45) is 0 Å². The second-order valence-electron chi connectivity index (χ2n) is 3.48. The molecular weight excluding hydrogens is 182 g/mol. The predicted octanol–water partition coefficient (Wildman–Crippen LogP) is 1.20. The van der Waals surface area contributed by atoms with Crippen LogP contribution in [0.2, 0.25) is 0 Å². The molecule has 82 valence electrons. The van der Waals surface area contributed by atoms with Gasteiger partial charge >= 0.3 is 5.97 Å². The first-order chi connectivity index (χ1) is 6.57. The zero-order chi connectivity index (χ0) is 11.0. The van der Waals surface area contributed by atoms with Gasteiger partial charge in [0.2, 0.25) is 0 Å². The van der Waals surface area contributed by atoms with Crippen LogP contribution in [0.15, 0.2) is 0 Å². The number of ketones is 1. The third-order valence-corrected chi connectivity index (χ3v) is 2.17. The minimum Gasteiger partial charge on any atom is -0.480 e. The number of hydrogen-bond acceptors (Lipinski definition) is 3. The third kappa shape index (κ3) is 6.60. The van der Waals surface area contributed by atoms with Crippen LogP contribution in [0.3, 0.4) is 0 Å². The van der Waals surface area contributed by atoms with E-state index in [4.69, 9.17) is 5.11 Å². The highest BCUT2D eigenvalue weighted by molar-refractivity contribution is 5.75. The molecule has 0 bridgehead atoms. The van der Waals surface area contributed by atoms with Gasteiger partial charge in [-0.15, -0.1) is 0 Å². The van der Waals surface area contributed by atoms with E-state index in [0.717, 1.165) is 19.3 Å². The van der Waals surface area contributed by atoms with Crippen molar-refractivity contribution >= 4 is 11.8 Å². The fraction of sp³-hybridized carbons (Fsp3) is 0.800. The highest BCUT2D eigenvalue weighted by Gasteiger charge is 2.13. The molecule has 0 saturated carbocycles. The van der Waals surface area contributed by atoms with Gasteiger partial charge in [-0.3, -0.25) is 4.79 Å². The van der Waals surface area contributed by atoms with Gasteiger partial charge in [-0.2, -0.15) is 0 Å². The van der Waals surface area contributed by atoms with Crippen LogP contribution in [0.25, 0.3) is 0 Å². The van der Waals surface area contributed by atoms with Crippen molar-refractivity contribution in [2.75, 3.05) is 7.05 Å². The number of unbranched alkanes of at least 4 members (excludes halogenated alkanes) is 2. The molecule has 0 saturated heterocycles. The van der Waals surface area contributed by atoms with Gasteiger partial charge in [0.15, 0.2) is 0 Å². The molecule has 0 aromatic carbocycles. The molecule has 0 heterocycles. The molecule has 0 radical (unpaired) electrons. The number of carbonyl (C=O) groups excluding carboxylic acids is 1. The summed E-state index contributed by atoms with van der Waals surface area (Å²) in [7, 11) is 1.65. The molecule has 0 aromatic heterocycles. The van der Waals surface area contributed by atoms with Gasteiger partial charge in [-0.05, 0) is 26.8 Å². The Kier molecular flexibility index (Phi) is 7.02. The molecule has 0 aliphatic rings. The number of carboxylic acid groups (broad SMARTS) is 1. The molecule has 14 heavy (non-hydrogen) atoms. The standard InChI is InChI=1S/C10H19NO3/c1-8(12)6-4-3-5-7-9(11-2)10(13)14/h9,11H,3-7H2,1-2H3,(H,13,14)/t9-/m0/s1. The molecule has 0 fully saturated rings. The Bertz CT molecular complexity index is 192. The number of hydrogen-bond donors (Lipinski definition) is 2. The summed E-state index contributed by atoms with van der Waals surface area (Å²) in [6.45, 7) is 1.58. The Hall–Kier alpha value is -0.900. The molecule has 0 spiro atoms. The molecule has 0 unspecified atom stereocenters. The lowest BCUT2D eigenvalue weighted by atomic mass is 10.1. The highest BCUT2D eigenvalue weighted by Crippen LogP contribution is 2.06. The van der Waals surface area contributed by atoms with Crippen molar-refractivity contribution < 1.29 is 14.7 Å². The van der Waals surface area contributed by atoms with E-state index in [0.29, 0.717) is 12.8 Å². The molecule has 1 atom stereocenters. The van der Waals surface area contributed by atoms with E-state index in [1.54, 1.807) is 14.0 Å². The summed E-state index contributed by atoms with van der Waals surface area (Å²) in [5.74, 6) is -0.604. The Morgan fingerprint density at radius 2 is 1.93 bits per heavy atom. The van der Waals surface area contributed by atoms with Crippen molar-refractivity contribution in [1.82, 2.24) is 5.32 Å². The summed E-state index contributed by atoms with van der Waals surface area (Å²) in [4.78, 5) is 21.2. The molecule has 2 N–H and O–H groups in total. The average Bonchev–Trinajstić information content (AvgIpc) is 2.10. The van der Waals surface area contributed by atoms with Crippen LogP contribution in [-0.2, 0) is 9.59 Å². The van der Waals surface area contributed by atoms with Crippen LogP contribution in [0.5, 0.6) is 0 Å². The number of carboxylic acids is 1. The van der Waals surface area contributed by atoms with Crippen LogP contribution in [-0.4, -0.2) is 29.9 Å². The lowest BCUT2D eigenvalue weighted by Gasteiger charge is -2.09. The topological polar surface area (TPSA) is 66.4 Å². The maximum atomic E-state index is 10.6. The first kappa shape index (κ1) is 13.1. The molecule has 0 rings (SSSR count). The summed E-state index contributed by atoms with van der Waals surface area (Å²) in [5.41, 5.74) is 0. The van der Waals surface area contributed by atoms with Gasteiger partial charge in [0, 0.05) is 6.42 Å². The molecule has 0 aliphatic carbocycles. The first-order valence-corrected chi connectivity index (χ1v) is 4.97. The number of aliphatic carboxylic acids is 1. The maximum Gasteiger partial charge on any atom is 0.320 e. The predicted molar refractivity (Wildman–Crippen MR) is 54.2 cm³/mol. The SMILES string of the molecule is CN[C@@H](CCCCCC(C)=O)C(=O)O.